The summed E-state index contributed by atoms with van der Waals surface area (Å²) in [5, 5.41) is 35.4. The van der Waals surface area contributed by atoms with E-state index in [2.05, 4.69) is 41.5 Å². The third-order valence-corrected chi connectivity index (χ3v) is 5.03. The Morgan fingerprint density at radius 2 is 1.34 bits per heavy atom. The number of nitrogens with one attached hydrogen (secondary N) is 4. The van der Waals surface area contributed by atoms with E-state index in [1.807, 2.05) is 0 Å². The van der Waals surface area contributed by atoms with Gasteiger partial charge in [0.1, 0.15) is 10.1 Å². The standard InChI is InChI=1S/C15H14N8O4S2/c24-11(6-28-13-4-16-22-20-13)18-9-1-8(15(26)27)2-10(3-9)19-12(25)7-29-14-5-17-23-21-14/h1-5H,6-7H2,(H,18,24)(H,19,25)(H,26,27)(H,16,20,22)(H,17,21,23). The van der Waals surface area contributed by atoms with Crippen molar-refractivity contribution in [2.45, 2.75) is 10.1 Å². The predicted molar refractivity (Wildman–Crippen MR) is 105 cm³/mol. The number of carboxylic acids is 1. The first-order chi connectivity index (χ1) is 14.0. The quantitative estimate of drug-likeness (QED) is 0.306. The summed E-state index contributed by atoms with van der Waals surface area (Å²) in [6.45, 7) is 0. The Kier molecular flexibility index (Phi) is 6.80. The highest BCUT2D eigenvalue weighted by molar-refractivity contribution is 8.00. The smallest absolute Gasteiger partial charge is 0.335 e. The number of carbonyl (C=O) groups is 3. The van der Waals surface area contributed by atoms with Crippen LogP contribution in [0.2, 0.25) is 0 Å². The number of hydrogen-bond donors (Lipinski definition) is 5. The number of nitrogens with zero attached hydrogens (tertiary/aromatic N) is 4. The summed E-state index contributed by atoms with van der Waals surface area (Å²) in [5.74, 6) is -1.80. The Labute approximate surface area is 171 Å². The third kappa shape index (κ3) is 6.32. The van der Waals surface area contributed by atoms with E-state index in [-0.39, 0.29) is 40.3 Å². The van der Waals surface area contributed by atoms with Crippen LogP contribution >= 0.6 is 23.5 Å². The van der Waals surface area contributed by atoms with E-state index >= 15 is 0 Å². The van der Waals surface area contributed by atoms with Crippen LogP contribution in [-0.4, -0.2) is 65.2 Å². The first-order valence-corrected chi connectivity index (χ1v) is 9.92. The predicted octanol–water partition coefficient (Wildman–Crippen LogP) is 1.08. The topological polar surface area (TPSA) is 179 Å². The second-order valence-electron chi connectivity index (χ2n) is 5.39. The van der Waals surface area contributed by atoms with Crippen molar-refractivity contribution in [3.05, 3.63) is 36.2 Å². The van der Waals surface area contributed by atoms with Gasteiger partial charge in [-0.25, -0.2) is 4.79 Å². The Bertz CT molecular complexity index is 923. The largest absolute Gasteiger partial charge is 0.478 e. The maximum absolute atomic E-state index is 12.1. The molecule has 0 unspecified atom stereocenters. The Morgan fingerprint density at radius 1 is 0.862 bits per heavy atom. The van der Waals surface area contributed by atoms with E-state index in [0.717, 1.165) is 0 Å². The summed E-state index contributed by atoms with van der Waals surface area (Å²) in [5.41, 5.74) is 0.414. The zero-order valence-electron chi connectivity index (χ0n) is 14.6. The lowest BCUT2D eigenvalue weighted by atomic mass is 10.1. The van der Waals surface area contributed by atoms with E-state index in [4.69, 9.17) is 0 Å². The first kappa shape index (κ1) is 20.3. The van der Waals surface area contributed by atoms with Gasteiger partial charge in [0.05, 0.1) is 29.5 Å². The molecule has 5 N–H and O–H groups in total. The number of amides is 2. The van der Waals surface area contributed by atoms with Crippen LogP contribution in [0.4, 0.5) is 11.4 Å². The van der Waals surface area contributed by atoms with Gasteiger partial charge in [0, 0.05) is 11.4 Å². The minimum Gasteiger partial charge on any atom is -0.478 e. The van der Waals surface area contributed by atoms with Gasteiger partial charge in [-0.2, -0.15) is 20.6 Å². The van der Waals surface area contributed by atoms with Gasteiger partial charge in [0.2, 0.25) is 11.8 Å². The van der Waals surface area contributed by atoms with Gasteiger partial charge in [-0.1, -0.05) is 23.5 Å². The molecule has 2 heterocycles. The number of rotatable bonds is 9. The molecule has 12 nitrogen and oxygen atoms in total. The summed E-state index contributed by atoms with van der Waals surface area (Å²) in [4.78, 5) is 35.6. The van der Waals surface area contributed by atoms with Crippen molar-refractivity contribution in [1.82, 2.24) is 30.8 Å². The number of benzene rings is 1. The van der Waals surface area contributed by atoms with Crippen LogP contribution in [0, 0.1) is 0 Å². The molecule has 2 amide bonds. The maximum atomic E-state index is 12.1. The molecular weight excluding hydrogens is 420 g/mol. The lowest BCUT2D eigenvalue weighted by molar-refractivity contribution is -0.114. The SMILES string of the molecule is O=C(CSc1cn[nH]n1)Nc1cc(NC(=O)CSc2cn[nH]n2)cc(C(=O)O)c1. The van der Waals surface area contributed by atoms with E-state index in [0.29, 0.717) is 10.1 Å². The summed E-state index contributed by atoms with van der Waals surface area (Å²) >= 11 is 2.33. The molecule has 0 fully saturated rings. The van der Waals surface area contributed by atoms with Crippen LogP contribution in [0.3, 0.4) is 0 Å². The first-order valence-electron chi connectivity index (χ1n) is 7.95. The normalized spacial score (nSPS) is 10.5. The molecule has 0 spiro atoms. The molecule has 14 heteroatoms. The molecule has 2 aromatic heterocycles. The molecule has 0 saturated carbocycles. The van der Waals surface area contributed by atoms with E-state index in [9.17, 15) is 19.5 Å². The van der Waals surface area contributed by atoms with Crippen LogP contribution in [0.25, 0.3) is 0 Å². The molecule has 0 atom stereocenters. The van der Waals surface area contributed by atoms with Crippen LogP contribution in [0.1, 0.15) is 10.4 Å². The minimum absolute atomic E-state index is 0.0554. The summed E-state index contributed by atoms with van der Waals surface area (Å²) < 4.78 is 0. The molecular formula is C15H14N8O4S2. The van der Waals surface area contributed by atoms with Gasteiger partial charge in [-0.15, -0.1) is 10.2 Å². The molecule has 150 valence electrons. The number of H-pyrrole nitrogens is 2. The Balaban J connectivity index is 1.62. The number of aromatic amines is 2. The van der Waals surface area contributed by atoms with Crippen LogP contribution in [0.15, 0.2) is 40.6 Å². The molecule has 1 aromatic carbocycles. The fourth-order valence-corrected chi connectivity index (χ4v) is 3.26. The molecule has 0 bridgehead atoms. The molecule has 3 rings (SSSR count). The van der Waals surface area contributed by atoms with Crippen molar-refractivity contribution in [1.29, 1.82) is 0 Å². The maximum Gasteiger partial charge on any atom is 0.335 e. The number of hydrogen-bond acceptors (Lipinski definition) is 9. The second-order valence-corrected chi connectivity index (χ2v) is 7.39. The number of aromatic nitrogens is 6. The van der Waals surface area contributed by atoms with Crippen molar-refractivity contribution >= 4 is 52.7 Å². The van der Waals surface area contributed by atoms with Gasteiger partial charge >= 0.3 is 5.97 Å². The van der Waals surface area contributed by atoms with Crippen molar-refractivity contribution < 1.29 is 19.5 Å². The number of thioether (sulfide) groups is 2. The van der Waals surface area contributed by atoms with Crippen LogP contribution in [0.5, 0.6) is 0 Å². The summed E-state index contributed by atoms with van der Waals surface area (Å²) in [6, 6.07) is 4.09. The van der Waals surface area contributed by atoms with Gasteiger partial charge in [0.25, 0.3) is 0 Å². The van der Waals surface area contributed by atoms with Gasteiger partial charge in [-0.3, -0.25) is 9.59 Å². The van der Waals surface area contributed by atoms with Gasteiger partial charge in [0.15, 0.2) is 0 Å². The minimum atomic E-state index is -1.19. The van der Waals surface area contributed by atoms with Crippen molar-refractivity contribution in [3.63, 3.8) is 0 Å². The molecule has 0 aliphatic heterocycles. The number of carboxylic acid groups (broad SMARTS) is 1. The zero-order valence-corrected chi connectivity index (χ0v) is 16.2. The molecule has 0 aliphatic rings. The number of aromatic carboxylic acids is 1. The van der Waals surface area contributed by atoms with E-state index in [1.165, 1.54) is 54.1 Å². The van der Waals surface area contributed by atoms with Crippen LogP contribution in [-0.2, 0) is 9.59 Å². The highest BCUT2D eigenvalue weighted by atomic mass is 32.2. The van der Waals surface area contributed by atoms with E-state index < -0.39 is 5.97 Å². The lowest BCUT2D eigenvalue weighted by Gasteiger charge is -2.10. The monoisotopic (exact) mass is 434 g/mol. The summed E-state index contributed by atoms with van der Waals surface area (Å²) in [7, 11) is 0. The molecule has 29 heavy (non-hydrogen) atoms. The van der Waals surface area contributed by atoms with Crippen molar-refractivity contribution in [3.8, 4) is 0 Å². The van der Waals surface area contributed by atoms with Crippen molar-refractivity contribution in [2.24, 2.45) is 0 Å². The van der Waals surface area contributed by atoms with Gasteiger partial charge < -0.3 is 15.7 Å². The highest BCUT2D eigenvalue weighted by Crippen LogP contribution is 2.21. The highest BCUT2D eigenvalue weighted by Gasteiger charge is 2.12. The zero-order chi connectivity index (χ0) is 20.6. The fraction of sp³-hybridized carbons (Fsp3) is 0.133. The van der Waals surface area contributed by atoms with Crippen molar-refractivity contribution in [2.75, 3.05) is 22.1 Å². The average Bonchev–Trinajstić information content (AvgIpc) is 3.38. The Morgan fingerprint density at radius 3 is 1.72 bits per heavy atom. The number of anilines is 2. The average molecular weight is 434 g/mol. The summed E-state index contributed by atoms with van der Waals surface area (Å²) in [6.07, 6.45) is 2.96. The Hall–Kier alpha value is -3.39. The lowest BCUT2D eigenvalue weighted by Crippen LogP contribution is -2.17. The van der Waals surface area contributed by atoms with E-state index in [1.54, 1.807) is 0 Å². The third-order valence-electron chi connectivity index (χ3n) is 3.24. The fourth-order valence-electron chi connectivity index (χ4n) is 2.09. The molecule has 0 aliphatic carbocycles. The molecule has 0 saturated heterocycles. The van der Waals surface area contributed by atoms with Gasteiger partial charge in [-0.05, 0) is 18.2 Å². The molecule has 0 radical (unpaired) electrons. The van der Waals surface area contributed by atoms with Crippen LogP contribution < -0.4 is 10.6 Å². The number of carbonyl (C=O) groups excluding carboxylic acids is 2. The second kappa shape index (κ2) is 9.70. The molecule has 3 aromatic rings.